The molecule has 0 aliphatic carbocycles. The molecule has 0 rings (SSSR count). The molecular weight excluding hydrogens is 596 g/mol. The third-order valence-corrected chi connectivity index (χ3v) is 8.92. The maximum absolute atomic E-state index is 5.98. The normalized spacial score (nSPS) is 12.0. The highest BCUT2D eigenvalue weighted by molar-refractivity contribution is 4.71. The lowest BCUT2D eigenvalue weighted by Crippen LogP contribution is -2.45. The van der Waals surface area contributed by atoms with Crippen LogP contribution in [0.3, 0.4) is 0 Å². The number of likely N-dealkylation sites (N-methyl/N-ethyl adjacent to an activating group) is 3. The Kier molecular flexibility index (Phi) is 41.0. The molecule has 0 saturated carbocycles. The highest BCUT2D eigenvalue weighted by Gasteiger charge is 2.14. The molecule has 0 aliphatic rings. The van der Waals surface area contributed by atoms with Crippen molar-refractivity contribution in [1.82, 2.24) is 44.9 Å². The minimum Gasteiger partial charge on any atom is -0.329 e. The van der Waals surface area contributed by atoms with Gasteiger partial charge in [0.15, 0.2) is 0 Å². The van der Waals surface area contributed by atoms with E-state index < -0.39 is 0 Å². The second-order valence-electron chi connectivity index (χ2n) is 13.6. The molecule has 0 aromatic carbocycles. The first-order valence-corrected chi connectivity index (χ1v) is 19.4. The zero-order chi connectivity index (χ0) is 34.3. The van der Waals surface area contributed by atoms with Crippen LogP contribution in [0.25, 0.3) is 0 Å². The van der Waals surface area contributed by atoms with Gasteiger partial charge >= 0.3 is 0 Å². The van der Waals surface area contributed by atoms with Crippen molar-refractivity contribution in [3.63, 3.8) is 0 Å². The van der Waals surface area contributed by atoms with Crippen LogP contribution in [0.5, 0.6) is 0 Å². The second kappa shape index (κ2) is 37.8. The molecule has 296 valence electrons. The molecule has 0 heterocycles. The first kappa shape index (κ1) is 52.0. The first-order chi connectivity index (χ1) is 22.3. The number of nitrogens with two attached hydrogens (primary N) is 1. The van der Waals surface area contributed by atoms with Gasteiger partial charge in [-0.25, -0.2) is 0 Å². The van der Waals surface area contributed by atoms with Crippen LogP contribution in [0.15, 0.2) is 0 Å². The third kappa shape index (κ3) is 31.6. The molecule has 0 aliphatic heterocycles. The minimum absolute atomic E-state index is 0. The molecule has 10 nitrogen and oxygen atoms in total. The summed E-state index contributed by atoms with van der Waals surface area (Å²) >= 11 is 0. The fourth-order valence-electron chi connectivity index (χ4n) is 5.83. The van der Waals surface area contributed by atoms with Crippen molar-refractivity contribution >= 4 is 0 Å². The summed E-state index contributed by atoms with van der Waals surface area (Å²) in [5, 5.41) is 7.18. The highest BCUT2D eigenvalue weighted by Crippen LogP contribution is 2.00. The smallest absolute Gasteiger partial charge is 0.0110 e. The average Bonchev–Trinajstić information content (AvgIpc) is 3.04. The van der Waals surface area contributed by atoms with Crippen LogP contribution in [-0.4, -0.2) is 206 Å². The van der Waals surface area contributed by atoms with Crippen LogP contribution >= 0.6 is 0 Å². The summed E-state index contributed by atoms with van der Waals surface area (Å²) in [6, 6.07) is 0. The average molecular weight is 691 g/mol. The maximum atomic E-state index is 5.98. The first-order valence-electron chi connectivity index (χ1n) is 19.4. The Hall–Kier alpha value is -0.400. The molecule has 4 N–H and O–H groups in total. The predicted octanol–water partition coefficient (Wildman–Crippen LogP) is 3.70. The van der Waals surface area contributed by atoms with Crippen molar-refractivity contribution in [1.29, 1.82) is 0 Å². The zero-order valence-electron chi connectivity index (χ0n) is 32.5. The SMILES string of the molecule is C.C.CCCNCCN(CCN)CCN(CCN(C)CCC)CCN(C)CCN(CCC)CCN(CCNCCC)CCN(C)CCC.[HH]. The number of hydrogen-bond acceptors (Lipinski definition) is 10. The summed E-state index contributed by atoms with van der Waals surface area (Å²) in [6.07, 6.45) is 6.04. The highest BCUT2D eigenvalue weighted by atomic mass is 15.3. The van der Waals surface area contributed by atoms with Gasteiger partial charge in [-0.05, 0) is 86.0 Å². The molecule has 0 saturated heterocycles. The van der Waals surface area contributed by atoms with E-state index in [-0.39, 0.29) is 16.3 Å². The quantitative estimate of drug-likeness (QED) is 0.0849. The number of rotatable bonds is 36. The van der Waals surface area contributed by atoms with Crippen LogP contribution in [0.1, 0.15) is 83.0 Å². The van der Waals surface area contributed by atoms with Gasteiger partial charge in [-0.2, -0.15) is 0 Å². The van der Waals surface area contributed by atoms with Gasteiger partial charge in [0.05, 0.1) is 0 Å². The Morgan fingerprint density at radius 2 is 0.646 bits per heavy atom. The molecule has 0 spiro atoms. The van der Waals surface area contributed by atoms with E-state index in [1.807, 2.05) is 0 Å². The van der Waals surface area contributed by atoms with Gasteiger partial charge in [0.1, 0.15) is 0 Å². The second-order valence-corrected chi connectivity index (χ2v) is 13.6. The van der Waals surface area contributed by atoms with Crippen molar-refractivity contribution in [2.75, 3.05) is 172 Å². The van der Waals surface area contributed by atoms with Crippen molar-refractivity contribution < 1.29 is 1.43 Å². The Labute approximate surface area is 304 Å². The van der Waals surface area contributed by atoms with E-state index in [9.17, 15) is 0 Å². The van der Waals surface area contributed by atoms with E-state index in [0.29, 0.717) is 0 Å². The summed E-state index contributed by atoms with van der Waals surface area (Å²) in [6.45, 7) is 36.8. The lowest BCUT2D eigenvalue weighted by molar-refractivity contribution is 0.155. The molecule has 0 atom stereocenters. The number of nitrogens with zero attached hydrogens (tertiary/aromatic N) is 7. The van der Waals surface area contributed by atoms with Gasteiger partial charge in [-0.1, -0.05) is 49.5 Å². The fourth-order valence-corrected chi connectivity index (χ4v) is 5.83. The molecule has 0 radical (unpaired) electrons. The van der Waals surface area contributed by atoms with Crippen molar-refractivity contribution in [2.24, 2.45) is 5.73 Å². The summed E-state index contributed by atoms with van der Waals surface area (Å²) in [7, 11) is 6.85. The molecule has 10 heteroatoms. The van der Waals surface area contributed by atoms with Crippen LogP contribution in [0.4, 0.5) is 0 Å². The van der Waals surface area contributed by atoms with Gasteiger partial charge in [0, 0.05) is 119 Å². The molecule has 0 unspecified atom stereocenters. The molecule has 0 fully saturated rings. The maximum Gasteiger partial charge on any atom is 0.0110 e. The summed E-state index contributed by atoms with van der Waals surface area (Å²) in [5.41, 5.74) is 5.98. The summed E-state index contributed by atoms with van der Waals surface area (Å²) in [4.78, 5) is 18.1. The van der Waals surface area contributed by atoms with E-state index in [2.05, 4.69) is 101 Å². The Bertz CT molecular complexity index is 621. The van der Waals surface area contributed by atoms with Crippen molar-refractivity contribution in [3.05, 3.63) is 0 Å². The zero-order valence-corrected chi connectivity index (χ0v) is 32.5. The summed E-state index contributed by atoms with van der Waals surface area (Å²) in [5.74, 6) is 0. The monoisotopic (exact) mass is 691 g/mol. The van der Waals surface area contributed by atoms with Gasteiger partial charge in [0.2, 0.25) is 0 Å². The van der Waals surface area contributed by atoms with Crippen LogP contribution in [0.2, 0.25) is 0 Å². The lowest BCUT2D eigenvalue weighted by atomic mass is 10.3. The molecule has 48 heavy (non-hydrogen) atoms. The molecule has 0 bridgehead atoms. The van der Waals surface area contributed by atoms with E-state index in [4.69, 9.17) is 5.73 Å². The Morgan fingerprint density at radius 1 is 0.354 bits per heavy atom. The third-order valence-electron chi connectivity index (χ3n) is 8.92. The molecular formula is C38H94N10. The Balaban J connectivity index is -0.00000337. The van der Waals surface area contributed by atoms with Crippen molar-refractivity contribution in [3.8, 4) is 0 Å². The van der Waals surface area contributed by atoms with Gasteiger partial charge in [-0.15, -0.1) is 0 Å². The number of nitrogens with one attached hydrogen (secondary N) is 2. The van der Waals surface area contributed by atoms with Gasteiger partial charge in [-0.3, -0.25) is 14.7 Å². The minimum atomic E-state index is 0. The molecule has 0 amide bonds. The molecule has 0 aromatic rings. The molecule has 0 aromatic heterocycles. The van der Waals surface area contributed by atoms with Crippen molar-refractivity contribution in [2.45, 2.75) is 81.6 Å². The fraction of sp³-hybridized carbons (Fsp3) is 1.00. The largest absolute Gasteiger partial charge is 0.329 e. The van der Waals surface area contributed by atoms with Crippen LogP contribution in [-0.2, 0) is 0 Å². The van der Waals surface area contributed by atoms with Gasteiger partial charge in [0.25, 0.3) is 0 Å². The number of hydrogen-bond donors (Lipinski definition) is 3. The van der Waals surface area contributed by atoms with E-state index in [1.165, 1.54) is 51.7 Å². The Morgan fingerprint density at radius 3 is 0.979 bits per heavy atom. The lowest BCUT2D eigenvalue weighted by Gasteiger charge is -2.32. The standard InChI is InChI=1S/C36H84N10.2CH4.H2/c1-9-15-38-17-23-44(22-14-37)34-36-46(31-26-41(7)20-12-4)32-28-42(8)27-29-43(21-13-5)33-35-45(24-18-39-16-10-2)30-25-40(6)19-11-3;;;/h38-39H,9-37H2,1-8H3;2*1H4;1H. The van der Waals surface area contributed by atoms with E-state index >= 15 is 0 Å². The van der Waals surface area contributed by atoms with E-state index in [1.54, 1.807) is 0 Å². The van der Waals surface area contributed by atoms with E-state index in [0.717, 1.165) is 131 Å². The van der Waals surface area contributed by atoms with Crippen LogP contribution in [0, 0.1) is 0 Å². The summed E-state index contributed by atoms with van der Waals surface area (Å²) < 4.78 is 0. The van der Waals surface area contributed by atoms with Gasteiger partial charge < -0.3 is 36.0 Å². The van der Waals surface area contributed by atoms with Crippen LogP contribution < -0.4 is 16.4 Å². The predicted molar refractivity (Wildman–Crippen MR) is 220 cm³/mol. The topological polar surface area (TPSA) is 72.8 Å².